The highest BCUT2D eigenvalue weighted by Crippen LogP contribution is 2.43. The number of rotatable bonds is 8. The summed E-state index contributed by atoms with van der Waals surface area (Å²) in [5, 5.41) is 20.1. The molecule has 0 saturated carbocycles. The Balaban J connectivity index is 2.20. The van der Waals surface area contributed by atoms with Crippen molar-refractivity contribution in [3.05, 3.63) is 59.2 Å². The second kappa shape index (κ2) is 9.42. The van der Waals surface area contributed by atoms with Crippen LogP contribution < -0.4 is 14.2 Å². The van der Waals surface area contributed by atoms with E-state index in [9.17, 15) is 19.5 Å². The Morgan fingerprint density at radius 1 is 0.938 bits per heavy atom. The van der Waals surface area contributed by atoms with Gasteiger partial charge in [0.2, 0.25) is 0 Å². The molecule has 0 aliphatic carbocycles. The SMILES string of the molecule is COc1ccc(/C(O)=C2/C(=O)C(=O)N(CCC(=O)O)C2c2ccc(OC)cc2OC)cc1. The molecular formula is C23H23NO8. The number of aliphatic hydroxyl groups excluding tert-OH is 1. The van der Waals surface area contributed by atoms with Gasteiger partial charge in [0.1, 0.15) is 23.0 Å². The molecule has 2 N–H and O–H groups in total. The number of hydrogen-bond acceptors (Lipinski definition) is 7. The fourth-order valence-electron chi connectivity index (χ4n) is 3.60. The van der Waals surface area contributed by atoms with Crippen molar-refractivity contribution >= 4 is 23.4 Å². The Bertz CT molecular complexity index is 1070. The van der Waals surface area contributed by atoms with Crippen LogP contribution in [0.2, 0.25) is 0 Å². The average molecular weight is 441 g/mol. The molecular weight excluding hydrogens is 418 g/mol. The third kappa shape index (κ3) is 4.22. The van der Waals surface area contributed by atoms with Crippen molar-refractivity contribution in [2.24, 2.45) is 0 Å². The molecule has 168 valence electrons. The van der Waals surface area contributed by atoms with Crippen LogP contribution in [0, 0.1) is 0 Å². The molecule has 0 aromatic heterocycles. The molecule has 2 aromatic carbocycles. The number of hydrogen-bond donors (Lipinski definition) is 2. The fourth-order valence-corrected chi connectivity index (χ4v) is 3.60. The van der Waals surface area contributed by atoms with E-state index in [-0.39, 0.29) is 24.3 Å². The predicted molar refractivity (Wildman–Crippen MR) is 114 cm³/mol. The number of Topliss-reactive ketones (excluding diaryl/α,β-unsaturated/α-hetero) is 1. The van der Waals surface area contributed by atoms with Crippen LogP contribution in [-0.4, -0.2) is 60.6 Å². The molecule has 3 rings (SSSR count). The summed E-state index contributed by atoms with van der Waals surface area (Å²) in [4.78, 5) is 38.1. The lowest BCUT2D eigenvalue weighted by molar-refractivity contribution is -0.142. The summed E-state index contributed by atoms with van der Waals surface area (Å²) >= 11 is 0. The molecule has 1 aliphatic rings. The molecule has 1 saturated heterocycles. The van der Waals surface area contributed by atoms with E-state index >= 15 is 0 Å². The lowest BCUT2D eigenvalue weighted by Crippen LogP contribution is -2.32. The maximum atomic E-state index is 13.0. The Kier molecular flexibility index (Phi) is 6.67. The second-order valence-corrected chi connectivity index (χ2v) is 6.97. The number of aliphatic hydroxyl groups is 1. The zero-order valence-electron chi connectivity index (χ0n) is 17.8. The lowest BCUT2D eigenvalue weighted by Gasteiger charge is -2.26. The van der Waals surface area contributed by atoms with Crippen LogP contribution in [0.1, 0.15) is 23.6 Å². The summed E-state index contributed by atoms with van der Waals surface area (Å²) in [7, 11) is 4.40. The smallest absolute Gasteiger partial charge is 0.305 e. The van der Waals surface area contributed by atoms with Crippen LogP contribution in [0.3, 0.4) is 0 Å². The maximum Gasteiger partial charge on any atom is 0.305 e. The first-order valence-corrected chi connectivity index (χ1v) is 9.69. The highest BCUT2D eigenvalue weighted by molar-refractivity contribution is 6.46. The predicted octanol–water partition coefficient (Wildman–Crippen LogP) is 2.61. The summed E-state index contributed by atoms with van der Waals surface area (Å²) in [6, 6.07) is 10.1. The van der Waals surface area contributed by atoms with Gasteiger partial charge in [-0.2, -0.15) is 0 Å². The largest absolute Gasteiger partial charge is 0.507 e. The van der Waals surface area contributed by atoms with E-state index in [0.29, 0.717) is 28.4 Å². The van der Waals surface area contributed by atoms with Gasteiger partial charge >= 0.3 is 5.97 Å². The molecule has 1 heterocycles. The molecule has 2 aromatic rings. The fraction of sp³-hybridized carbons (Fsp3) is 0.261. The molecule has 0 radical (unpaired) electrons. The topological polar surface area (TPSA) is 123 Å². The van der Waals surface area contributed by atoms with Gasteiger partial charge in [-0.15, -0.1) is 0 Å². The third-order valence-electron chi connectivity index (χ3n) is 5.21. The number of nitrogens with zero attached hydrogens (tertiary/aromatic N) is 1. The Labute approximate surface area is 184 Å². The minimum Gasteiger partial charge on any atom is -0.507 e. The standard InChI is InChI=1S/C23H23NO8/c1-30-14-6-4-13(5-7-14)21(27)19-20(16-9-8-15(31-2)12-17(16)32-3)24(11-10-18(25)26)23(29)22(19)28/h4-9,12,20,27H,10-11H2,1-3H3,(H,25,26)/b21-19-. The van der Waals surface area contributed by atoms with Gasteiger partial charge < -0.3 is 29.3 Å². The first kappa shape index (κ1) is 22.7. The number of amides is 1. The normalized spacial score (nSPS) is 17.3. The molecule has 1 amide bonds. The van der Waals surface area contributed by atoms with Crippen molar-refractivity contribution in [3.8, 4) is 17.2 Å². The maximum absolute atomic E-state index is 13.0. The highest BCUT2D eigenvalue weighted by Gasteiger charge is 2.47. The van der Waals surface area contributed by atoms with Crippen LogP contribution >= 0.6 is 0 Å². The molecule has 1 unspecified atom stereocenters. The van der Waals surface area contributed by atoms with Crippen LogP contribution in [0.5, 0.6) is 17.2 Å². The first-order valence-electron chi connectivity index (χ1n) is 9.69. The number of carboxylic acid groups (broad SMARTS) is 1. The minimum absolute atomic E-state index is 0.158. The molecule has 1 atom stereocenters. The number of likely N-dealkylation sites (tertiary alicyclic amines) is 1. The number of ether oxygens (including phenoxy) is 3. The molecule has 0 bridgehead atoms. The zero-order valence-corrected chi connectivity index (χ0v) is 17.8. The lowest BCUT2D eigenvalue weighted by atomic mass is 9.94. The van der Waals surface area contributed by atoms with Gasteiger partial charge in [0, 0.05) is 23.7 Å². The zero-order chi connectivity index (χ0) is 23.4. The van der Waals surface area contributed by atoms with Gasteiger partial charge in [-0.25, -0.2) is 0 Å². The van der Waals surface area contributed by atoms with Crippen LogP contribution in [-0.2, 0) is 14.4 Å². The average Bonchev–Trinajstić information content (AvgIpc) is 3.06. The molecule has 9 heteroatoms. The number of ketones is 1. The number of carboxylic acids is 1. The first-order chi connectivity index (χ1) is 15.3. The number of methoxy groups -OCH3 is 3. The van der Waals surface area contributed by atoms with Crippen LogP contribution in [0.25, 0.3) is 5.76 Å². The van der Waals surface area contributed by atoms with Gasteiger partial charge in [-0.1, -0.05) is 0 Å². The highest BCUT2D eigenvalue weighted by atomic mass is 16.5. The molecule has 1 fully saturated rings. The Morgan fingerprint density at radius 2 is 1.56 bits per heavy atom. The monoisotopic (exact) mass is 441 g/mol. The Hall–Kier alpha value is -4.01. The number of benzene rings is 2. The van der Waals surface area contributed by atoms with Crippen molar-refractivity contribution in [2.45, 2.75) is 12.5 Å². The van der Waals surface area contributed by atoms with Crippen molar-refractivity contribution in [2.75, 3.05) is 27.9 Å². The van der Waals surface area contributed by atoms with E-state index in [1.54, 1.807) is 42.5 Å². The molecule has 0 spiro atoms. The van der Waals surface area contributed by atoms with E-state index in [4.69, 9.17) is 19.3 Å². The van der Waals surface area contributed by atoms with Crippen molar-refractivity contribution < 1.29 is 38.8 Å². The van der Waals surface area contributed by atoms with E-state index < -0.39 is 23.7 Å². The van der Waals surface area contributed by atoms with E-state index in [1.165, 1.54) is 21.3 Å². The number of aliphatic carboxylic acids is 1. The van der Waals surface area contributed by atoms with Gasteiger partial charge in [0.25, 0.3) is 11.7 Å². The van der Waals surface area contributed by atoms with Crippen molar-refractivity contribution in [1.29, 1.82) is 0 Å². The Morgan fingerprint density at radius 3 is 2.12 bits per heavy atom. The quantitative estimate of drug-likeness (QED) is 0.364. The van der Waals surface area contributed by atoms with Crippen molar-refractivity contribution in [3.63, 3.8) is 0 Å². The number of carbonyl (C=O) groups excluding carboxylic acids is 2. The molecule has 1 aliphatic heterocycles. The van der Waals surface area contributed by atoms with Gasteiger partial charge in [0.05, 0.1) is 39.4 Å². The molecule has 32 heavy (non-hydrogen) atoms. The van der Waals surface area contributed by atoms with Gasteiger partial charge in [0.15, 0.2) is 0 Å². The summed E-state index contributed by atoms with van der Waals surface area (Å²) in [5.74, 6) is -1.96. The van der Waals surface area contributed by atoms with Gasteiger partial charge in [-0.05, 0) is 36.4 Å². The van der Waals surface area contributed by atoms with Crippen LogP contribution in [0.15, 0.2) is 48.0 Å². The van der Waals surface area contributed by atoms with E-state index in [0.717, 1.165) is 4.90 Å². The summed E-state index contributed by atoms with van der Waals surface area (Å²) in [6.45, 7) is -0.223. The minimum atomic E-state index is -1.12. The molecule has 9 nitrogen and oxygen atoms in total. The van der Waals surface area contributed by atoms with E-state index in [2.05, 4.69) is 0 Å². The summed E-state index contributed by atoms with van der Waals surface area (Å²) in [6.07, 6.45) is -0.370. The summed E-state index contributed by atoms with van der Waals surface area (Å²) < 4.78 is 15.8. The summed E-state index contributed by atoms with van der Waals surface area (Å²) in [5.41, 5.74) is 0.557. The third-order valence-corrected chi connectivity index (χ3v) is 5.21. The number of carbonyl (C=O) groups is 3. The van der Waals surface area contributed by atoms with E-state index in [1.807, 2.05) is 0 Å². The second-order valence-electron chi connectivity index (χ2n) is 6.97. The van der Waals surface area contributed by atoms with Gasteiger partial charge in [-0.3, -0.25) is 14.4 Å². The van der Waals surface area contributed by atoms with Crippen LogP contribution in [0.4, 0.5) is 0 Å². The van der Waals surface area contributed by atoms with Crippen molar-refractivity contribution in [1.82, 2.24) is 4.90 Å².